The Kier molecular flexibility index (Phi) is 5.88. The Balaban J connectivity index is 0.000000730. The molecule has 1 aliphatic rings. The van der Waals surface area contributed by atoms with Gasteiger partial charge in [0, 0.05) is 55.0 Å². The molecule has 5 rings (SSSR count). The van der Waals surface area contributed by atoms with Crippen LogP contribution in [0.15, 0.2) is 71.9 Å². The van der Waals surface area contributed by atoms with Gasteiger partial charge in [-0.1, -0.05) is 24.3 Å². The van der Waals surface area contributed by atoms with E-state index in [1.54, 1.807) is 12.3 Å². The highest BCUT2D eigenvalue weighted by atomic mass is 32.2. The number of rotatable bonds is 3. The van der Waals surface area contributed by atoms with Gasteiger partial charge in [-0.2, -0.15) is 0 Å². The van der Waals surface area contributed by atoms with Crippen LogP contribution in [-0.4, -0.2) is 55.1 Å². The van der Waals surface area contributed by atoms with Gasteiger partial charge in [0.25, 0.3) is 16.5 Å². The Labute approximate surface area is 179 Å². The number of nitrogens with zero attached hydrogens (tertiary/aromatic N) is 3. The van der Waals surface area contributed by atoms with Crippen molar-refractivity contribution in [2.45, 2.75) is 4.90 Å². The van der Waals surface area contributed by atoms with Gasteiger partial charge in [0.15, 0.2) is 0 Å². The van der Waals surface area contributed by atoms with E-state index >= 15 is 0 Å². The summed E-state index contributed by atoms with van der Waals surface area (Å²) < 4.78 is 28.0. The number of pyridine rings is 1. The van der Waals surface area contributed by atoms with Crippen molar-refractivity contribution in [3.8, 4) is 0 Å². The fourth-order valence-electron chi connectivity index (χ4n) is 3.82. The smallest absolute Gasteiger partial charge is 0.290 e. The van der Waals surface area contributed by atoms with Gasteiger partial charge in [-0.25, -0.2) is 12.4 Å². The fourth-order valence-corrected chi connectivity index (χ4v) is 5.15. The molecule has 4 aromatic rings. The monoisotopic (exact) mass is 438 g/mol. The maximum Gasteiger partial charge on any atom is 0.290 e. The summed E-state index contributed by atoms with van der Waals surface area (Å²) in [6.45, 7) is 3.42. The normalized spacial score (nSPS) is 14.3. The zero-order chi connectivity index (χ0) is 21.8. The Morgan fingerprint density at radius 3 is 2.55 bits per heavy atom. The highest BCUT2D eigenvalue weighted by molar-refractivity contribution is 7.90. The molecule has 0 unspecified atom stereocenters. The Bertz CT molecular complexity index is 1330. The van der Waals surface area contributed by atoms with E-state index in [1.807, 2.05) is 42.5 Å². The lowest BCUT2D eigenvalue weighted by Crippen LogP contribution is -2.43. The van der Waals surface area contributed by atoms with Crippen LogP contribution in [0.1, 0.15) is 0 Å². The first-order valence-electron chi connectivity index (χ1n) is 9.80. The number of carboxylic acid groups (broad SMARTS) is 1. The number of nitrogens with one attached hydrogen (secondary N) is 1. The van der Waals surface area contributed by atoms with E-state index in [-0.39, 0.29) is 11.4 Å². The van der Waals surface area contributed by atoms with Crippen molar-refractivity contribution < 1.29 is 18.3 Å². The standard InChI is InChI=1S/C21H20N4O2S.CH2O2/c26-28(27,17-14-16-4-1-2-5-19(16)23-15-17)25-11-8-18-20(6-3-7-21(18)25)24-12-9-22-10-13-24;2-1-3/h1-8,11,14-15,22H,9-10,12-13H2;1H,(H,2,3). The number of carbonyl (C=O) groups is 1. The van der Waals surface area contributed by atoms with Crippen molar-refractivity contribution in [1.82, 2.24) is 14.3 Å². The summed E-state index contributed by atoms with van der Waals surface area (Å²) in [6, 6.07) is 16.9. The third-order valence-electron chi connectivity index (χ3n) is 5.25. The zero-order valence-corrected chi connectivity index (χ0v) is 17.5. The van der Waals surface area contributed by atoms with Crippen LogP contribution in [0.4, 0.5) is 5.69 Å². The topological polar surface area (TPSA) is 105 Å². The largest absolute Gasteiger partial charge is 0.483 e. The zero-order valence-electron chi connectivity index (χ0n) is 16.7. The molecule has 1 saturated heterocycles. The van der Waals surface area contributed by atoms with E-state index < -0.39 is 10.0 Å². The molecule has 160 valence electrons. The quantitative estimate of drug-likeness (QED) is 0.474. The van der Waals surface area contributed by atoms with Crippen LogP contribution in [0, 0.1) is 0 Å². The SMILES string of the molecule is O=CO.O=S(=O)(c1cnc2ccccc2c1)n1ccc2c(N3CCNCC3)cccc21. The number of anilines is 1. The molecule has 0 atom stereocenters. The molecule has 2 aromatic carbocycles. The van der Waals surface area contributed by atoms with Gasteiger partial charge >= 0.3 is 0 Å². The number of aromatic nitrogens is 2. The lowest BCUT2D eigenvalue weighted by Gasteiger charge is -2.30. The molecule has 1 fully saturated rings. The van der Waals surface area contributed by atoms with Crippen LogP contribution in [0.25, 0.3) is 21.8 Å². The van der Waals surface area contributed by atoms with Crippen LogP contribution in [0.5, 0.6) is 0 Å². The number of benzene rings is 2. The molecule has 1 aliphatic heterocycles. The molecule has 9 heteroatoms. The van der Waals surface area contributed by atoms with Gasteiger partial charge < -0.3 is 15.3 Å². The van der Waals surface area contributed by atoms with Gasteiger partial charge in [-0.3, -0.25) is 9.78 Å². The molecule has 3 heterocycles. The average molecular weight is 439 g/mol. The summed E-state index contributed by atoms with van der Waals surface area (Å²) in [6.07, 6.45) is 3.07. The molecule has 0 saturated carbocycles. The van der Waals surface area contributed by atoms with Crippen LogP contribution >= 0.6 is 0 Å². The molecular formula is C22H22N4O4S. The minimum Gasteiger partial charge on any atom is -0.483 e. The summed E-state index contributed by atoms with van der Waals surface area (Å²) in [5.41, 5.74) is 2.54. The average Bonchev–Trinajstić information content (AvgIpc) is 3.25. The highest BCUT2D eigenvalue weighted by Gasteiger charge is 2.22. The number of piperazine rings is 1. The summed E-state index contributed by atoms with van der Waals surface area (Å²) >= 11 is 0. The number of fused-ring (bicyclic) bond motifs is 2. The number of hydrogen-bond acceptors (Lipinski definition) is 6. The second-order valence-corrected chi connectivity index (χ2v) is 8.85. The van der Waals surface area contributed by atoms with E-state index in [4.69, 9.17) is 9.90 Å². The van der Waals surface area contributed by atoms with E-state index in [0.29, 0.717) is 5.52 Å². The van der Waals surface area contributed by atoms with E-state index in [2.05, 4.69) is 21.3 Å². The van der Waals surface area contributed by atoms with E-state index in [0.717, 1.165) is 48.2 Å². The third kappa shape index (κ3) is 3.97. The summed E-state index contributed by atoms with van der Waals surface area (Å²) in [5, 5.41) is 12.0. The molecule has 2 N–H and O–H groups in total. The van der Waals surface area contributed by atoms with Crippen LogP contribution in [0.2, 0.25) is 0 Å². The van der Waals surface area contributed by atoms with Crippen molar-refractivity contribution in [3.05, 3.63) is 67.0 Å². The lowest BCUT2D eigenvalue weighted by molar-refractivity contribution is -0.122. The Morgan fingerprint density at radius 2 is 1.77 bits per heavy atom. The molecular weight excluding hydrogens is 416 g/mol. The molecule has 0 spiro atoms. The van der Waals surface area contributed by atoms with Crippen LogP contribution in [-0.2, 0) is 14.8 Å². The Morgan fingerprint density at radius 1 is 1.03 bits per heavy atom. The number of para-hydroxylation sites is 1. The summed E-state index contributed by atoms with van der Waals surface area (Å²) in [5.74, 6) is 0. The molecule has 0 aliphatic carbocycles. The molecule has 0 radical (unpaired) electrons. The van der Waals surface area contributed by atoms with Crippen LogP contribution in [0.3, 0.4) is 0 Å². The molecule has 0 bridgehead atoms. The van der Waals surface area contributed by atoms with Crippen molar-refractivity contribution in [3.63, 3.8) is 0 Å². The van der Waals surface area contributed by atoms with E-state index in [1.165, 1.54) is 10.2 Å². The van der Waals surface area contributed by atoms with E-state index in [9.17, 15) is 8.42 Å². The van der Waals surface area contributed by atoms with Gasteiger partial charge in [0.2, 0.25) is 0 Å². The first kappa shape index (κ1) is 20.8. The highest BCUT2D eigenvalue weighted by Crippen LogP contribution is 2.30. The first-order valence-corrected chi connectivity index (χ1v) is 11.2. The van der Waals surface area contributed by atoms with Crippen molar-refractivity contribution in [1.29, 1.82) is 0 Å². The number of hydrogen-bond donors (Lipinski definition) is 2. The van der Waals surface area contributed by atoms with Gasteiger partial charge in [0.1, 0.15) is 4.90 Å². The van der Waals surface area contributed by atoms with Gasteiger partial charge in [0.05, 0.1) is 11.0 Å². The fraction of sp³-hybridized carbons (Fsp3) is 0.182. The predicted molar refractivity (Wildman–Crippen MR) is 120 cm³/mol. The van der Waals surface area contributed by atoms with Crippen molar-refractivity contribution in [2.24, 2.45) is 0 Å². The van der Waals surface area contributed by atoms with Crippen molar-refractivity contribution >= 4 is 44.0 Å². The predicted octanol–water partition coefficient (Wildman–Crippen LogP) is 2.54. The first-order chi connectivity index (χ1) is 15.1. The maximum atomic E-state index is 13.3. The Hall–Kier alpha value is -3.43. The molecule has 31 heavy (non-hydrogen) atoms. The maximum absolute atomic E-state index is 13.3. The molecule has 0 amide bonds. The lowest BCUT2D eigenvalue weighted by atomic mass is 10.2. The second kappa shape index (κ2) is 8.75. The van der Waals surface area contributed by atoms with Crippen molar-refractivity contribution in [2.75, 3.05) is 31.1 Å². The summed E-state index contributed by atoms with van der Waals surface area (Å²) in [4.78, 5) is 15.2. The second-order valence-electron chi connectivity index (χ2n) is 7.03. The minimum absolute atomic E-state index is 0.191. The van der Waals surface area contributed by atoms with Gasteiger partial charge in [-0.15, -0.1) is 0 Å². The third-order valence-corrected chi connectivity index (χ3v) is 6.91. The molecule has 8 nitrogen and oxygen atoms in total. The van der Waals surface area contributed by atoms with Crippen LogP contribution < -0.4 is 10.2 Å². The minimum atomic E-state index is -3.74. The molecule has 2 aromatic heterocycles. The summed E-state index contributed by atoms with van der Waals surface area (Å²) in [7, 11) is -3.74. The van der Waals surface area contributed by atoms with Gasteiger partial charge in [-0.05, 0) is 30.3 Å².